The van der Waals surface area contributed by atoms with E-state index in [0.717, 1.165) is 17.7 Å². The summed E-state index contributed by atoms with van der Waals surface area (Å²) in [6.07, 6.45) is 5.42. The van der Waals surface area contributed by atoms with Crippen molar-refractivity contribution in [3.05, 3.63) is 41.9 Å². The molecule has 2 unspecified atom stereocenters. The molecule has 0 saturated heterocycles. The number of rotatable bonds is 4. The Hall–Kier alpha value is -1.73. The number of pyridine rings is 1. The Labute approximate surface area is 130 Å². The Morgan fingerprint density at radius 2 is 2.14 bits per heavy atom. The molecule has 3 heterocycles. The minimum absolute atomic E-state index is 0.0900. The van der Waals surface area contributed by atoms with Crippen molar-refractivity contribution in [1.29, 1.82) is 0 Å². The van der Waals surface area contributed by atoms with Crippen molar-refractivity contribution < 1.29 is 8.42 Å². The minimum atomic E-state index is -3.62. The summed E-state index contributed by atoms with van der Waals surface area (Å²) in [5.74, 6) is 0. The Bertz CT molecular complexity index is 742. The van der Waals surface area contributed by atoms with Gasteiger partial charge in [0.1, 0.15) is 0 Å². The monoisotopic (exact) mass is 320 g/mol. The number of aromatic nitrogens is 3. The number of nitrogens with zero attached hydrogens (tertiary/aromatic N) is 3. The van der Waals surface area contributed by atoms with E-state index in [1.54, 1.807) is 22.5 Å². The van der Waals surface area contributed by atoms with Crippen molar-refractivity contribution in [2.75, 3.05) is 0 Å². The molecule has 3 rings (SSSR count). The summed E-state index contributed by atoms with van der Waals surface area (Å²) >= 11 is 0. The van der Waals surface area contributed by atoms with E-state index in [0.29, 0.717) is 12.8 Å². The van der Waals surface area contributed by atoms with Gasteiger partial charge in [-0.05, 0) is 25.0 Å². The number of fused-ring (bicyclic) bond motifs is 1. The van der Waals surface area contributed by atoms with Crippen LogP contribution >= 0.6 is 0 Å². The van der Waals surface area contributed by atoms with Crippen LogP contribution in [0.15, 0.2) is 35.6 Å². The third kappa shape index (κ3) is 2.34. The third-order valence-corrected chi connectivity index (χ3v) is 6.12. The van der Waals surface area contributed by atoms with Crippen LogP contribution in [0.3, 0.4) is 0 Å². The fraction of sp³-hybridized carbons (Fsp3) is 0.467. The predicted molar refractivity (Wildman–Crippen MR) is 82.7 cm³/mol. The van der Waals surface area contributed by atoms with E-state index >= 15 is 0 Å². The van der Waals surface area contributed by atoms with Crippen LogP contribution in [-0.2, 0) is 16.4 Å². The van der Waals surface area contributed by atoms with Gasteiger partial charge in [0.2, 0.25) is 0 Å². The summed E-state index contributed by atoms with van der Waals surface area (Å²) in [5, 5.41) is 7.26. The summed E-state index contributed by atoms with van der Waals surface area (Å²) in [6, 6.07) is 4.69. The highest BCUT2D eigenvalue weighted by Crippen LogP contribution is 2.38. The fourth-order valence-corrected chi connectivity index (χ4v) is 5.05. The molecule has 0 spiro atoms. The lowest BCUT2D eigenvalue weighted by Crippen LogP contribution is -2.46. The zero-order valence-corrected chi connectivity index (χ0v) is 13.5. The van der Waals surface area contributed by atoms with Crippen molar-refractivity contribution in [2.45, 2.75) is 50.2 Å². The summed E-state index contributed by atoms with van der Waals surface area (Å²) < 4.78 is 27.8. The van der Waals surface area contributed by atoms with Crippen LogP contribution in [0, 0.1) is 0 Å². The van der Waals surface area contributed by atoms with Gasteiger partial charge in [0, 0.05) is 30.4 Å². The molecule has 1 aliphatic rings. The van der Waals surface area contributed by atoms with Gasteiger partial charge >= 0.3 is 0 Å². The molecule has 0 aliphatic carbocycles. The molecule has 2 atom stereocenters. The van der Waals surface area contributed by atoms with E-state index < -0.39 is 10.0 Å². The second-order valence-corrected chi connectivity index (χ2v) is 7.27. The zero-order chi connectivity index (χ0) is 15.7. The average molecular weight is 320 g/mol. The van der Waals surface area contributed by atoms with Crippen molar-refractivity contribution in [2.24, 2.45) is 0 Å². The van der Waals surface area contributed by atoms with Crippen molar-refractivity contribution in [1.82, 2.24) is 19.5 Å². The normalized spacial score (nSPS) is 22.5. The van der Waals surface area contributed by atoms with Gasteiger partial charge in [0.25, 0.3) is 10.0 Å². The number of hydrogen-bond acceptors (Lipinski definition) is 4. The van der Waals surface area contributed by atoms with Gasteiger partial charge in [0.15, 0.2) is 5.03 Å². The minimum Gasteiger partial charge on any atom is -0.285 e. The Balaban J connectivity index is 2.11. The number of sulfonamides is 1. The molecule has 22 heavy (non-hydrogen) atoms. The van der Waals surface area contributed by atoms with E-state index in [4.69, 9.17) is 0 Å². The second kappa shape index (κ2) is 5.81. The molecule has 0 saturated carbocycles. The van der Waals surface area contributed by atoms with E-state index in [9.17, 15) is 8.42 Å². The summed E-state index contributed by atoms with van der Waals surface area (Å²) in [5.41, 5.74) is 1.96. The third-order valence-electron chi connectivity index (χ3n) is 4.25. The van der Waals surface area contributed by atoms with Gasteiger partial charge < -0.3 is 0 Å². The van der Waals surface area contributed by atoms with Gasteiger partial charge in [0.05, 0.1) is 11.7 Å². The first-order valence-corrected chi connectivity index (χ1v) is 9.00. The summed E-state index contributed by atoms with van der Waals surface area (Å²) in [6.45, 7) is 4.01. The smallest absolute Gasteiger partial charge is 0.261 e. The highest BCUT2D eigenvalue weighted by atomic mass is 32.2. The molecule has 0 fully saturated rings. The summed E-state index contributed by atoms with van der Waals surface area (Å²) in [4.78, 5) is 4.05. The molecule has 2 aromatic heterocycles. The standard InChI is InChI=1S/C15H20N4O2S/c1-3-11-9-13-12(10-17-18-13)14(4-2)19(11)22(20,21)15-7-5-6-8-16-15/h5-8,10-11,14H,3-4,9H2,1-2H3,(H,17,18). The molecule has 0 bridgehead atoms. The lowest BCUT2D eigenvalue weighted by molar-refractivity contribution is 0.216. The first-order valence-electron chi connectivity index (χ1n) is 7.56. The first kappa shape index (κ1) is 15.2. The number of H-pyrrole nitrogens is 1. The first-order chi connectivity index (χ1) is 10.6. The van der Waals surface area contributed by atoms with E-state index in [1.165, 1.54) is 6.20 Å². The highest BCUT2D eigenvalue weighted by Gasteiger charge is 2.42. The lowest BCUT2D eigenvalue weighted by atomic mass is 9.93. The van der Waals surface area contributed by atoms with Crippen LogP contribution in [0.4, 0.5) is 0 Å². The lowest BCUT2D eigenvalue weighted by Gasteiger charge is -2.39. The maximum Gasteiger partial charge on any atom is 0.261 e. The van der Waals surface area contributed by atoms with Crippen LogP contribution in [-0.4, -0.2) is 33.9 Å². The largest absolute Gasteiger partial charge is 0.285 e. The molecule has 6 nitrogen and oxygen atoms in total. The van der Waals surface area contributed by atoms with Crippen LogP contribution in [0.5, 0.6) is 0 Å². The van der Waals surface area contributed by atoms with Gasteiger partial charge in [-0.1, -0.05) is 19.9 Å². The number of hydrogen-bond donors (Lipinski definition) is 1. The highest BCUT2D eigenvalue weighted by molar-refractivity contribution is 7.89. The Morgan fingerprint density at radius 3 is 2.77 bits per heavy atom. The molecule has 0 amide bonds. The predicted octanol–water partition coefficient (Wildman–Crippen LogP) is 2.28. The van der Waals surface area contributed by atoms with E-state index in [1.807, 2.05) is 20.0 Å². The fourth-order valence-electron chi connectivity index (χ4n) is 3.18. The molecule has 1 N–H and O–H groups in total. The van der Waals surface area contributed by atoms with E-state index in [-0.39, 0.29) is 17.1 Å². The SMILES string of the molecule is CCC1Cc2n[nH]cc2C(CC)N1S(=O)(=O)c1ccccn1. The zero-order valence-electron chi connectivity index (χ0n) is 12.7. The molecule has 118 valence electrons. The van der Waals surface area contributed by atoms with Gasteiger partial charge in [-0.15, -0.1) is 0 Å². The molecule has 7 heteroatoms. The van der Waals surface area contributed by atoms with Crippen LogP contribution in [0.25, 0.3) is 0 Å². The summed E-state index contributed by atoms with van der Waals surface area (Å²) in [7, 11) is -3.62. The van der Waals surface area contributed by atoms with Gasteiger partial charge in [-0.2, -0.15) is 9.40 Å². The topological polar surface area (TPSA) is 79.0 Å². The van der Waals surface area contributed by atoms with Gasteiger partial charge in [-0.25, -0.2) is 13.4 Å². The van der Waals surface area contributed by atoms with Crippen molar-refractivity contribution in [3.8, 4) is 0 Å². The van der Waals surface area contributed by atoms with Crippen molar-refractivity contribution >= 4 is 10.0 Å². The van der Waals surface area contributed by atoms with Crippen LogP contribution < -0.4 is 0 Å². The second-order valence-electron chi connectivity index (χ2n) is 5.48. The molecule has 0 aromatic carbocycles. The molecular formula is C15H20N4O2S. The average Bonchev–Trinajstić information content (AvgIpc) is 3.01. The Morgan fingerprint density at radius 1 is 1.32 bits per heavy atom. The maximum absolute atomic E-state index is 13.1. The van der Waals surface area contributed by atoms with Crippen LogP contribution in [0.2, 0.25) is 0 Å². The Kier molecular flexibility index (Phi) is 4.01. The number of aromatic amines is 1. The molecular weight excluding hydrogens is 300 g/mol. The van der Waals surface area contributed by atoms with Gasteiger partial charge in [-0.3, -0.25) is 5.10 Å². The van der Waals surface area contributed by atoms with Crippen molar-refractivity contribution in [3.63, 3.8) is 0 Å². The molecule has 1 aliphatic heterocycles. The molecule has 0 radical (unpaired) electrons. The number of nitrogens with one attached hydrogen (secondary N) is 1. The quantitative estimate of drug-likeness (QED) is 0.937. The van der Waals surface area contributed by atoms with E-state index in [2.05, 4.69) is 15.2 Å². The maximum atomic E-state index is 13.1. The molecule has 2 aromatic rings. The van der Waals surface area contributed by atoms with Crippen LogP contribution in [0.1, 0.15) is 44.0 Å².